The van der Waals surface area contributed by atoms with Crippen molar-refractivity contribution in [2.24, 2.45) is 11.5 Å². The molecule has 0 amide bonds. The number of carbonyl (C=O) groups excluding carboxylic acids is 1. The molecule has 9 heavy (non-hydrogen) atoms. The first-order valence-corrected chi connectivity index (χ1v) is 3.11. The standard InChI is InChI=1S/C6H14N2O/c1-3-5(7)6(8)4(2)9/h5-6H,3,7-8H2,1-2H3/t5-,6-/m1/s1. The van der Waals surface area contributed by atoms with Gasteiger partial charge >= 0.3 is 0 Å². The second-order valence-electron chi connectivity index (χ2n) is 2.21. The first-order chi connectivity index (χ1) is 4.09. The minimum absolute atomic E-state index is 0.0376. The molecule has 0 unspecified atom stereocenters. The summed E-state index contributed by atoms with van der Waals surface area (Å²) in [6.07, 6.45) is 0.751. The zero-order chi connectivity index (χ0) is 7.44. The van der Waals surface area contributed by atoms with E-state index in [1.54, 1.807) is 0 Å². The van der Waals surface area contributed by atoms with Crippen LogP contribution in [0.15, 0.2) is 0 Å². The van der Waals surface area contributed by atoms with Gasteiger partial charge in [-0.25, -0.2) is 0 Å². The molecule has 0 aromatic carbocycles. The fraction of sp³-hybridized carbons (Fsp3) is 0.833. The van der Waals surface area contributed by atoms with Crippen molar-refractivity contribution in [3.8, 4) is 0 Å². The minimum atomic E-state index is -0.477. The number of carbonyl (C=O) groups is 1. The van der Waals surface area contributed by atoms with Crippen LogP contribution < -0.4 is 11.5 Å². The van der Waals surface area contributed by atoms with Gasteiger partial charge in [-0.15, -0.1) is 0 Å². The summed E-state index contributed by atoms with van der Waals surface area (Å²) in [7, 11) is 0. The Balaban J connectivity index is 3.72. The van der Waals surface area contributed by atoms with Crippen LogP contribution in [-0.4, -0.2) is 17.9 Å². The molecule has 0 bridgehead atoms. The Labute approximate surface area is 55.4 Å². The molecular weight excluding hydrogens is 116 g/mol. The van der Waals surface area contributed by atoms with E-state index in [2.05, 4.69) is 0 Å². The van der Waals surface area contributed by atoms with Crippen molar-refractivity contribution < 1.29 is 4.79 Å². The highest BCUT2D eigenvalue weighted by Crippen LogP contribution is 1.92. The second kappa shape index (κ2) is 3.58. The summed E-state index contributed by atoms with van der Waals surface area (Å²) in [6, 6.07) is -0.655. The van der Waals surface area contributed by atoms with Crippen molar-refractivity contribution in [3.63, 3.8) is 0 Å². The molecule has 0 aromatic rings. The monoisotopic (exact) mass is 130 g/mol. The molecule has 0 aliphatic carbocycles. The maximum absolute atomic E-state index is 10.5. The first-order valence-electron chi connectivity index (χ1n) is 3.11. The quantitative estimate of drug-likeness (QED) is 0.548. The maximum atomic E-state index is 10.5. The van der Waals surface area contributed by atoms with Crippen LogP contribution in [0, 0.1) is 0 Å². The van der Waals surface area contributed by atoms with Gasteiger partial charge in [0.1, 0.15) is 5.78 Å². The molecule has 0 heterocycles. The average molecular weight is 130 g/mol. The van der Waals surface area contributed by atoms with Gasteiger partial charge in [0, 0.05) is 6.04 Å². The molecule has 4 N–H and O–H groups in total. The Morgan fingerprint density at radius 3 is 2.11 bits per heavy atom. The highest BCUT2D eigenvalue weighted by Gasteiger charge is 2.14. The number of hydrogen-bond donors (Lipinski definition) is 2. The van der Waals surface area contributed by atoms with Crippen molar-refractivity contribution >= 4 is 5.78 Å². The molecule has 0 aliphatic rings. The van der Waals surface area contributed by atoms with Crippen molar-refractivity contribution in [2.75, 3.05) is 0 Å². The lowest BCUT2D eigenvalue weighted by Crippen LogP contribution is -2.45. The van der Waals surface area contributed by atoms with Crippen LogP contribution in [-0.2, 0) is 4.79 Å². The lowest BCUT2D eigenvalue weighted by molar-refractivity contribution is -0.118. The molecule has 0 saturated heterocycles. The van der Waals surface area contributed by atoms with Gasteiger partial charge in [0.15, 0.2) is 0 Å². The van der Waals surface area contributed by atoms with Crippen molar-refractivity contribution in [3.05, 3.63) is 0 Å². The molecule has 0 rings (SSSR count). The van der Waals surface area contributed by atoms with E-state index in [-0.39, 0.29) is 11.8 Å². The topological polar surface area (TPSA) is 69.1 Å². The molecule has 0 aliphatic heterocycles. The van der Waals surface area contributed by atoms with E-state index in [4.69, 9.17) is 11.5 Å². The van der Waals surface area contributed by atoms with E-state index >= 15 is 0 Å². The van der Waals surface area contributed by atoms with E-state index < -0.39 is 6.04 Å². The molecule has 2 atom stereocenters. The van der Waals surface area contributed by atoms with Gasteiger partial charge in [0.05, 0.1) is 6.04 Å². The number of Topliss-reactive ketones (excluding diaryl/α,β-unsaturated/α-hetero) is 1. The molecule has 0 radical (unpaired) electrons. The summed E-state index contributed by atoms with van der Waals surface area (Å²) in [6.45, 7) is 3.37. The van der Waals surface area contributed by atoms with Crippen LogP contribution in [0.25, 0.3) is 0 Å². The second-order valence-corrected chi connectivity index (χ2v) is 2.21. The lowest BCUT2D eigenvalue weighted by atomic mass is 10.0. The summed E-state index contributed by atoms with van der Waals surface area (Å²) in [4.78, 5) is 10.5. The summed E-state index contributed by atoms with van der Waals surface area (Å²) in [5, 5.41) is 0. The Morgan fingerprint density at radius 1 is 1.56 bits per heavy atom. The number of nitrogens with two attached hydrogens (primary N) is 2. The van der Waals surface area contributed by atoms with Crippen LogP contribution >= 0.6 is 0 Å². The highest BCUT2D eigenvalue weighted by atomic mass is 16.1. The number of rotatable bonds is 3. The Kier molecular flexibility index (Phi) is 3.42. The normalized spacial score (nSPS) is 16.9. The highest BCUT2D eigenvalue weighted by molar-refractivity contribution is 5.81. The fourth-order valence-corrected chi connectivity index (χ4v) is 0.555. The van der Waals surface area contributed by atoms with Crippen molar-refractivity contribution in [2.45, 2.75) is 32.4 Å². The van der Waals surface area contributed by atoms with Crippen molar-refractivity contribution in [1.82, 2.24) is 0 Å². The van der Waals surface area contributed by atoms with Crippen molar-refractivity contribution in [1.29, 1.82) is 0 Å². The average Bonchev–Trinajstić information content (AvgIpc) is 1.84. The molecule has 0 spiro atoms. The van der Waals surface area contributed by atoms with Crippen LogP contribution in [0.5, 0.6) is 0 Å². The molecular formula is C6H14N2O. The van der Waals surface area contributed by atoms with E-state index in [9.17, 15) is 4.79 Å². The van der Waals surface area contributed by atoms with E-state index in [0.717, 1.165) is 6.42 Å². The molecule has 3 heteroatoms. The SMILES string of the molecule is CC[C@@H](N)[C@H](N)C(C)=O. The first kappa shape index (κ1) is 8.59. The molecule has 54 valence electrons. The van der Waals surface area contributed by atoms with Gasteiger partial charge in [-0.3, -0.25) is 4.79 Å². The van der Waals surface area contributed by atoms with Crippen LogP contribution in [0.1, 0.15) is 20.3 Å². The Morgan fingerprint density at radius 2 is 2.00 bits per heavy atom. The fourth-order valence-electron chi connectivity index (χ4n) is 0.555. The molecule has 0 fully saturated rings. The molecule has 0 aromatic heterocycles. The van der Waals surface area contributed by atoms with E-state index in [1.165, 1.54) is 6.92 Å². The van der Waals surface area contributed by atoms with Gasteiger partial charge < -0.3 is 11.5 Å². The number of ketones is 1. The third kappa shape index (κ3) is 2.58. The predicted octanol–water partition coefficient (Wildman–Crippen LogP) is -0.360. The van der Waals surface area contributed by atoms with Gasteiger partial charge in [0.25, 0.3) is 0 Å². The zero-order valence-electron chi connectivity index (χ0n) is 5.92. The third-order valence-electron chi connectivity index (χ3n) is 1.40. The minimum Gasteiger partial charge on any atom is -0.326 e. The summed E-state index contributed by atoms with van der Waals surface area (Å²) in [5.41, 5.74) is 10.9. The van der Waals surface area contributed by atoms with Gasteiger partial charge in [0.2, 0.25) is 0 Å². The van der Waals surface area contributed by atoms with Gasteiger partial charge in [-0.1, -0.05) is 6.92 Å². The zero-order valence-corrected chi connectivity index (χ0v) is 5.92. The van der Waals surface area contributed by atoms with Crippen LogP contribution in [0.4, 0.5) is 0 Å². The molecule has 0 saturated carbocycles. The smallest absolute Gasteiger partial charge is 0.148 e. The lowest BCUT2D eigenvalue weighted by Gasteiger charge is -2.13. The number of hydrogen-bond acceptors (Lipinski definition) is 3. The van der Waals surface area contributed by atoms with E-state index in [0.29, 0.717) is 0 Å². The van der Waals surface area contributed by atoms with E-state index in [1.807, 2.05) is 6.92 Å². The van der Waals surface area contributed by atoms with Crippen LogP contribution in [0.3, 0.4) is 0 Å². The molecule has 3 nitrogen and oxygen atoms in total. The Hall–Kier alpha value is -0.410. The summed E-state index contributed by atoms with van der Waals surface area (Å²) >= 11 is 0. The van der Waals surface area contributed by atoms with Crippen LogP contribution in [0.2, 0.25) is 0 Å². The maximum Gasteiger partial charge on any atom is 0.148 e. The largest absolute Gasteiger partial charge is 0.326 e. The summed E-state index contributed by atoms with van der Waals surface area (Å²) < 4.78 is 0. The third-order valence-corrected chi connectivity index (χ3v) is 1.40. The van der Waals surface area contributed by atoms with Gasteiger partial charge in [-0.2, -0.15) is 0 Å². The van der Waals surface area contributed by atoms with Gasteiger partial charge in [-0.05, 0) is 13.3 Å². The predicted molar refractivity (Wildman–Crippen MR) is 36.9 cm³/mol. The Bertz CT molecular complexity index is 103. The summed E-state index contributed by atoms with van der Waals surface area (Å²) in [5.74, 6) is -0.0376.